The smallest absolute Gasteiger partial charge is 0.469 e. The number of carbonyl (C=O) groups is 1. The van der Waals surface area contributed by atoms with Crippen LogP contribution in [0.3, 0.4) is 0 Å². The zero-order valence-corrected chi connectivity index (χ0v) is 13.3. The molecule has 1 aromatic rings. The third-order valence-electron chi connectivity index (χ3n) is 1.95. The molecule has 0 aliphatic heterocycles. The number of pyridine rings is 1. The van der Waals surface area contributed by atoms with Gasteiger partial charge in [-0.1, -0.05) is 15.9 Å². The SMILES string of the molecule is COC(=O)Cc1cc(I)c(OC(F)(F)F)c(CBr)n1. The van der Waals surface area contributed by atoms with Gasteiger partial charge in [-0.3, -0.25) is 9.78 Å². The minimum atomic E-state index is -4.79. The average molecular weight is 454 g/mol. The number of carbonyl (C=O) groups excluding carboxylic acids is 1. The summed E-state index contributed by atoms with van der Waals surface area (Å²) < 4.78 is 45.4. The Morgan fingerprint density at radius 3 is 2.63 bits per heavy atom. The van der Waals surface area contributed by atoms with E-state index in [-0.39, 0.29) is 26.8 Å². The summed E-state index contributed by atoms with van der Waals surface area (Å²) >= 11 is 4.73. The van der Waals surface area contributed by atoms with Gasteiger partial charge >= 0.3 is 12.3 Å². The van der Waals surface area contributed by atoms with Crippen LogP contribution >= 0.6 is 38.5 Å². The Labute approximate surface area is 128 Å². The van der Waals surface area contributed by atoms with E-state index in [0.717, 1.165) is 0 Å². The van der Waals surface area contributed by atoms with Crippen LogP contribution in [0.5, 0.6) is 5.75 Å². The number of methoxy groups -OCH3 is 1. The van der Waals surface area contributed by atoms with Crippen LogP contribution < -0.4 is 4.74 Å². The number of nitrogens with zero attached hydrogens (tertiary/aromatic N) is 1. The van der Waals surface area contributed by atoms with E-state index in [0.29, 0.717) is 5.69 Å². The van der Waals surface area contributed by atoms with Gasteiger partial charge in [-0.05, 0) is 28.7 Å². The van der Waals surface area contributed by atoms with Crippen molar-refractivity contribution < 1.29 is 27.4 Å². The van der Waals surface area contributed by atoms with Gasteiger partial charge in [0.1, 0.15) is 0 Å². The largest absolute Gasteiger partial charge is 0.573 e. The van der Waals surface area contributed by atoms with Gasteiger partial charge in [0.05, 0.1) is 28.5 Å². The molecular formula is C10H8BrF3INO3. The molecule has 19 heavy (non-hydrogen) atoms. The molecule has 9 heteroatoms. The fourth-order valence-electron chi connectivity index (χ4n) is 1.23. The van der Waals surface area contributed by atoms with Gasteiger partial charge < -0.3 is 9.47 Å². The molecule has 0 unspecified atom stereocenters. The number of aromatic nitrogens is 1. The highest BCUT2D eigenvalue weighted by Crippen LogP contribution is 2.32. The lowest BCUT2D eigenvalue weighted by Crippen LogP contribution is -2.20. The maximum atomic E-state index is 12.3. The molecule has 0 bridgehead atoms. The molecule has 0 spiro atoms. The molecule has 106 valence electrons. The van der Waals surface area contributed by atoms with E-state index in [4.69, 9.17) is 0 Å². The zero-order chi connectivity index (χ0) is 14.6. The summed E-state index contributed by atoms with van der Waals surface area (Å²) in [4.78, 5) is 15.1. The highest BCUT2D eigenvalue weighted by atomic mass is 127. The topological polar surface area (TPSA) is 48.4 Å². The van der Waals surface area contributed by atoms with Crippen LogP contribution in [0.2, 0.25) is 0 Å². The van der Waals surface area contributed by atoms with Crippen LogP contribution in [0, 0.1) is 3.57 Å². The van der Waals surface area contributed by atoms with Crippen molar-refractivity contribution in [2.24, 2.45) is 0 Å². The van der Waals surface area contributed by atoms with Crippen molar-refractivity contribution in [2.75, 3.05) is 7.11 Å². The summed E-state index contributed by atoms with van der Waals surface area (Å²) in [6, 6.07) is 1.35. The first-order chi connectivity index (χ1) is 8.76. The molecule has 1 rings (SSSR count). The predicted molar refractivity (Wildman–Crippen MR) is 72.0 cm³/mol. The summed E-state index contributed by atoms with van der Waals surface area (Å²) in [5, 5.41) is 0.0728. The lowest BCUT2D eigenvalue weighted by atomic mass is 10.2. The molecule has 0 fully saturated rings. The maximum Gasteiger partial charge on any atom is 0.573 e. The van der Waals surface area contributed by atoms with E-state index in [9.17, 15) is 18.0 Å². The van der Waals surface area contributed by atoms with Crippen LogP contribution in [0.25, 0.3) is 0 Å². The number of hydrogen-bond acceptors (Lipinski definition) is 4. The van der Waals surface area contributed by atoms with E-state index >= 15 is 0 Å². The lowest BCUT2D eigenvalue weighted by Gasteiger charge is -2.14. The molecule has 0 aromatic carbocycles. The van der Waals surface area contributed by atoms with Crippen molar-refractivity contribution in [3.05, 3.63) is 21.0 Å². The Morgan fingerprint density at radius 1 is 1.53 bits per heavy atom. The Bertz CT molecular complexity index is 482. The van der Waals surface area contributed by atoms with E-state index in [1.807, 2.05) is 0 Å². The Hall–Kier alpha value is -0.580. The van der Waals surface area contributed by atoms with Gasteiger partial charge in [0.25, 0.3) is 0 Å². The van der Waals surface area contributed by atoms with Crippen molar-refractivity contribution in [1.29, 1.82) is 0 Å². The molecule has 4 nitrogen and oxygen atoms in total. The van der Waals surface area contributed by atoms with Crippen molar-refractivity contribution in [1.82, 2.24) is 4.98 Å². The Morgan fingerprint density at radius 2 is 2.16 bits per heavy atom. The third-order valence-corrected chi connectivity index (χ3v) is 3.28. The summed E-state index contributed by atoms with van der Waals surface area (Å²) in [7, 11) is 1.22. The standard InChI is InChI=1S/C10H8BrF3INO3/c1-18-8(17)3-5-2-6(15)9(7(4-11)16-5)19-10(12,13)14/h2H,3-4H2,1H3. The number of rotatable bonds is 4. The monoisotopic (exact) mass is 453 g/mol. The Kier molecular flexibility index (Phi) is 5.83. The third kappa shape index (κ3) is 5.13. The van der Waals surface area contributed by atoms with Gasteiger partial charge in [-0.2, -0.15) is 0 Å². The molecule has 0 saturated heterocycles. The quantitative estimate of drug-likeness (QED) is 0.399. The van der Waals surface area contributed by atoms with Crippen molar-refractivity contribution in [2.45, 2.75) is 18.1 Å². The van der Waals surface area contributed by atoms with Crippen molar-refractivity contribution in [3.8, 4) is 5.75 Å². The molecule has 0 amide bonds. The van der Waals surface area contributed by atoms with E-state index in [1.165, 1.54) is 13.2 Å². The first-order valence-electron chi connectivity index (χ1n) is 4.83. The fourth-order valence-corrected chi connectivity index (χ4v) is 2.39. The summed E-state index contributed by atoms with van der Waals surface area (Å²) in [5.74, 6) is -0.882. The van der Waals surface area contributed by atoms with Gasteiger partial charge in [-0.25, -0.2) is 0 Å². The van der Waals surface area contributed by atoms with Crippen LogP contribution in [0.1, 0.15) is 11.4 Å². The Balaban J connectivity index is 3.11. The second-order valence-electron chi connectivity index (χ2n) is 3.31. The maximum absolute atomic E-state index is 12.3. The van der Waals surface area contributed by atoms with Gasteiger partial charge in [0, 0.05) is 5.33 Å². The van der Waals surface area contributed by atoms with E-state index < -0.39 is 12.3 Å². The molecule has 0 saturated carbocycles. The highest BCUT2D eigenvalue weighted by Gasteiger charge is 2.33. The van der Waals surface area contributed by atoms with Crippen LogP contribution in [0.15, 0.2) is 6.07 Å². The summed E-state index contributed by atoms with van der Waals surface area (Å²) in [6.45, 7) is 0. The molecule has 0 aliphatic rings. The fraction of sp³-hybridized carbons (Fsp3) is 0.400. The normalized spacial score (nSPS) is 11.3. The number of ether oxygens (including phenoxy) is 2. The van der Waals surface area contributed by atoms with Gasteiger partial charge in [-0.15, -0.1) is 13.2 Å². The molecule has 1 aromatic heterocycles. The first kappa shape index (κ1) is 16.5. The highest BCUT2D eigenvalue weighted by molar-refractivity contribution is 14.1. The molecule has 0 radical (unpaired) electrons. The van der Waals surface area contributed by atoms with Gasteiger partial charge in [0.2, 0.25) is 0 Å². The van der Waals surface area contributed by atoms with Crippen molar-refractivity contribution >= 4 is 44.5 Å². The number of esters is 1. The summed E-state index contributed by atoms with van der Waals surface area (Å²) in [6.07, 6.45) is -4.90. The first-order valence-corrected chi connectivity index (χ1v) is 7.03. The van der Waals surface area contributed by atoms with E-state index in [2.05, 4.69) is 30.4 Å². The predicted octanol–water partition coefficient (Wildman–Crippen LogP) is 3.20. The second-order valence-corrected chi connectivity index (χ2v) is 5.03. The van der Waals surface area contributed by atoms with Crippen LogP contribution in [-0.4, -0.2) is 24.4 Å². The number of hydrogen-bond donors (Lipinski definition) is 0. The number of halogens is 5. The average Bonchev–Trinajstić information content (AvgIpc) is 2.30. The van der Waals surface area contributed by atoms with Crippen LogP contribution in [0.4, 0.5) is 13.2 Å². The van der Waals surface area contributed by atoms with Crippen molar-refractivity contribution in [3.63, 3.8) is 0 Å². The number of alkyl halides is 4. The molecular weight excluding hydrogens is 446 g/mol. The zero-order valence-electron chi connectivity index (χ0n) is 9.55. The van der Waals surface area contributed by atoms with E-state index in [1.54, 1.807) is 22.6 Å². The molecule has 1 heterocycles. The molecule has 0 atom stereocenters. The summed E-state index contributed by atoms with van der Waals surface area (Å²) in [5.41, 5.74) is 0.392. The van der Waals surface area contributed by atoms with Gasteiger partial charge in [0.15, 0.2) is 5.75 Å². The second kappa shape index (κ2) is 6.73. The van der Waals surface area contributed by atoms with Crippen LogP contribution in [-0.2, 0) is 21.3 Å². The minimum Gasteiger partial charge on any atom is -0.469 e. The molecule has 0 aliphatic carbocycles. The minimum absolute atomic E-state index is 0.0723. The molecule has 0 N–H and O–H groups in total. The lowest BCUT2D eigenvalue weighted by molar-refractivity contribution is -0.275.